The molecule has 0 aliphatic rings. The van der Waals surface area contributed by atoms with Crippen LogP contribution in [0.2, 0.25) is 0 Å². The number of carboxylic acid groups (broad SMARTS) is 1. The summed E-state index contributed by atoms with van der Waals surface area (Å²) in [6.45, 7) is 6.49. The molecule has 0 saturated heterocycles. The fourth-order valence-corrected chi connectivity index (χ4v) is 1.64. The van der Waals surface area contributed by atoms with Crippen molar-refractivity contribution >= 4 is 5.97 Å². The summed E-state index contributed by atoms with van der Waals surface area (Å²) in [4.78, 5) is 11.1. The summed E-state index contributed by atoms with van der Waals surface area (Å²) >= 11 is 0. The standard InChI is InChI=1S/C13H18O3/c1-4-9(3)10-7-6-8-11(13(14)15)12(10)16-5-2/h6-9H,4-5H2,1-3H3,(H,14,15). The van der Waals surface area contributed by atoms with E-state index in [1.165, 1.54) is 0 Å². The molecule has 0 aromatic heterocycles. The second-order valence-electron chi connectivity index (χ2n) is 3.77. The first-order valence-corrected chi connectivity index (χ1v) is 5.60. The number of hydrogen-bond donors (Lipinski definition) is 1. The zero-order valence-electron chi connectivity index (χ0n) is 9.99. The zero-order valence-corrected chi connectivity index (χ0v) is 9.99. The van der Waals surface area contributed by atoms with Gasteiger partial charge in [-0.15, -0.1) is 0 Å². The molecule has 0 heterocycles. The minimum Gasteiger partial charge on any atom is -0.493 e. The van der Waals surface area contributed by atoms with Gasteiger partial charge in [0.25, 0.3) is 0 Å². The van der Waals surface area contributed by atoms with E-state index in [0.717, 1.165) is 12.0 Å². The van der Waals surface area contributed by atoms with Crippen molar-refractivity contribution in [3.05, 3.63) is 29.3 Å². The number of benzene rings is 1. The summed E-state index contributed by atoms with van der Waals surface area (Å²) in [5.74, 6) is -0.110. The summed E-state index contributed by atoms with van der Waals surface area (Å²) in [7, 11) is 0. The van der Waals surface area contributed by atoms with Gasteiger partial charge in [-0.25, -0.2) is 4.79 Å². The van der Waals surface area contributed by atoms with Crippen LogP contribution in [0.4, 0.5) is 0 Å². The Labute approximate surface area is 96.1 Å². The third-order valence-corrected chi connectivity index (χ3v) is 2.71. The normalized spacial score (nSPS) is 12.2. The van der Waals surface area contributed by atoms with Crippen molar-refractivity contribution in [3.8, 4) is 5.75 Å². The van der Waals surface area contributed by atoms with Crippen molar-refractivity contribution in [1.29, 1.82) is 0 Å². The topological polar surface area (TPSA) is 46.5 Å². The first-order chi connectivity index (χ1) is 7.61. The lowest BCUT2D eigenvalue weighted by Gasteiger charge is -2.16. The van der Waals surface area contributed by atoms with Gasteiger partial charge in [0.15, 0.2) is 0 Å². The molecular formula is C13H18O3. The molecule has 1 aromatic rings. The van der Waals surface area contributed by atoms with E-state index in [-0.39, 0.29) is 5.56 Å². The molecule has 0 amide bonds. The fraction of sp³-hybridized carbons (Fsp3) is 0.462. The first-order valence-electron chi connectivity index (χ1n) is 5.60. The lowest BCUT2D eigenvalue weighted by molar-refractivity contribution is 0.0692. The van der Waals surface area contributed by atoms with Crippen LogP contribution < -0.4 is 4.74 Å². The number of para-hydroxylation sites is 1. The van der Waals surface area contributed by atoms with E-state index in [1.807, 2.05) is 13.0 Å². The largest absolute Gasteiger partial charge is 0.493 e. The molecule has 0 aliphatic heterocycles. The Bertz CT molecular complexity index is 371. The molecule has 1 atom stereocenters. The molecule has 16 heavy (non-hydrogen) atoms. The maximum Gasteiger partial charge on any atom is 0.339 e. The minimum absolute atomic E-state index is 0.250. The van der Waals surface area contributed by atoms with Gasteiger partial charge < -0.3 is 9.84 Å². The molecule has 0 radical (unpaired) electrons. The Hall–Kier alpha value is -1.51. The van der Waals surface area contributed by atoms with Gasteiger partial charge in [0.1, 0.15) is 11.3 Å². The Morgan fingerprint density at radius 2 is 2.12 bits per heavy atom. The Kier molecular flexibility index (Phi) is 4.35. The number of hydrogen-bond acceptors (Lipinski definition) is 2. The van der Waals surface area contributed by atoms with Crippen LogP contribution in [0, 0.1) is 0 Å². The van der Waals surface area contributed by atoms with Crippen molar-refractivity contribution < 1.29 is 14.6 Å². The van der Waals surface area contributed by atoms with E-state index in [0.29, 0.717) is 18.3 Å². The number of aromatic carboxylic acids is 1. The number of carboxylic acids is 1. The van der Waals surface area contributed by atoms with E-state index in [2.05, 4.69) is 13.8 Å². The van der Waals surface area contributed by atoms with Crippen LogP contribution in [0.25, 0.3) is 0 Å². The molecule has 0 saturated carbocycles. The molecule has 1 rings (SSSR count). The van der Waals surface area contributed by atoms with E-state index in [4.69, 9.17) is 9.84 Å². The molecule has 1 aromatic carbocycles. The second-order valence-corrected chi connectivity index (χ2v) is 3.77. The number of ether oxygens (including phenoxy) is 1. The van der Waals surface area contributed by atoms with Gasteiger partial charge >= 0.3 is 5.97 Å². The Balaban J connectivity index is 3.26. The summed E-state index contributed by atoms with van der Waals surface area (Å²) in [6, 6.07) is 5.29. The van der Waals surface area contributed by atoms with E-state index in [1.54, 1.807) is 12.1 Å². The average Bonchev–Trinajstić information content (AvgIpc) is 2.28. The van der Waals surface area contributed by atoms with Crippen molar-refractivity contribution in [2.75, 3.05) is 6.61 Å². The summed E-state index contributed by atoms with van der Waals surface area (Å²) in [6.07, 6.45) is 0.961. The Morgan fingerprint density at radius 3 is 2.62 bits per heavy atom. The van der Waals surface area contributed by atoms with Gasteiger partial charge in [-0.05, 0) is 30.9 Å². The van der Waals surface area contributed by atoms with Crippen LogP contribution >= 0.6 is 0 Å². The second kappa shape index (κ2) is 5.54. The molecule has 88 valence electrons. The summed E-state index contributed by atoms with van der Waals surface area (Å²) in [5.41, 5.74) is 1.23. The van der Waals surface area contributed by atoms with Gasteiger partial charge in [0.2, 0.25) is 0 Å². The Morgan fingerprint density at radius 1 is 1.44 bits per heavy atom. The minimum atomic E-state index is -0.936. The first kappa shape index (κ1) is 12.6. The third-order valence-electron chi connectivity index (χ3n) is 2.71. The van der Waals surface area contributed by atoms with Crippen LogP contribution in [0.3, 0.4) is 0 Å². The van der Waals surface area contributed by atoms with Crippen molar-refractivity contribution in [2.24, 2.45) is 0 Å². The predicted molar refractivity (Wildman–Crippen MR) is 63.3 cm³/mol. The molecule has 1 N–H and O–H groups in total. The average molecular weight is 222 g/mol. The van der Waals surface area contributed by atoms with E-state index < -0.39 is 5.97 Å². The fourth-order valence-electron chi connectivity index (χ4n) is 1.64. The van der Waals surface area contributed by atoms with E-state index >= 15 is 0 Å². The number of rotatable bonds is 5. The van der Waals surface area contributed by atoms with Crippen LogP contribution in [0.5, 0.6) is 5.75 Å². The summed E-state index contributed by atoms with van der Waals surface area (Å²) < 4.78 is 5.47. The zero-order chi connectivity index (χ0) is 12.1. The highest BCUT2D eigenvalue weighted by Gasteiger charge is 2.17. The van der Waals surface area contributed by atoms with Gasteiger partial charge in [0.05, 0.1) is 6.61 Å². The quantitative estimate of drug-likeness (QED) is 0.831. The van der Waals surface area contributed by atoms with Crippen LogP contribution in [-0.4, -0.2) is 17.7 Å². The molecule has 0 aliphatic carbocycles. The lowest BCUT2D eigenvalue weighted by atomic mass is 9.95. The molecule has 3 nitrogen and oxygen atoms in total. The third kappa shape index (κ3) is 2.54. The van der Waals surface area contributed by atoms with Crippen LogP contribution in [0.15, 0.2) is 18.2 Å². The highest BCUT2D eigenvalue weighted by atomic mass is 16.5. The van der Waals surface area contributed by atoms with Crippen molar-refractivity contribution in [3.63, 3.8) is 0 Å². The smallest absolute Gasteiger partial charge is 0.339 e. The molecule has 0 spiro atoms. The highest BCUT2D eigenvalue weighted by molar-refractivity contribution is 5.91. The van der Waals surface area contributed by atoms with Gasteiger partial charge in [0, 0.05) is 0 Å². The van der Waals surface area contributed by atoms with Crippen molar-refractivity contribution in [2.45, 2.75) is 33.1 Å². The van der Waals surface area contributed by atoms with Crippen LogP contribution in [-0.2, 0) is 0 Å². The lowest BCUT2D eigenvalue weighted by Crippen LogP contribution is -2.07. The van der Waals surface area contributed by atoms with Gasteiger partial charge in [-0.1, -0.05) is 26.0 Å². The summed E-state index contributed by atoms with van der Waals surface area (Å²) in [5, 5.41) is 9.09. The molecular weight excluding hydrogens is 204 g/mol. The highest BCUT2D eigenvalue weighted by Crippen LogP contribution is 2.32. The van der Waals surface area contributed by atoms with E-state index in [9.17, 15) is 4.79 Å². The number of carbonyl (C=O) groups is 1. The van der Waals surface area contributed by atoms with Gasteiger partial charge in [-0.2, -0.15) is 0 Å². The van der Waals surface area contributed by atoms with Gasteiger partial charge in [-0.3, -0.25) is 0 Å². The molecule has 0 bridgehead atoms. The SMILES string of the molecule is CCOc1c(C(=O)O)cccc1C(C)CC. The predicted octanol–water partition coefficient (Wildman–Crippen LogP) is 3.30. The maximum absolute atomic E-state index is 11.1. The van der Waals surface area contributed by atoms with Crippen LogP contribution in [0.1, 0.15) is 49.0 Å². The van der Waals surface area contributed by atoms with Crippen molar-refractivity contribution in [1.82, 2.24) is 0 Å². The molecule has 0 fully saturated rings. The maximum atomic E-state index is 11.1. The molecule has 3 heteroatoms. The monoisotopic (exact) mass is 222 g/mol. The molecule has 1 unspecified atom stereocenters.